The second-order valence-corrected chi connectivity index (χ2v) is 6.91. The molecule has 6 nitrogen and oxygen atoms in total. The zero-order valence-electron chi connectivity index (χ0n) is 12.3. The number of para-hydroxylation sites is 1. The minimum Gasteiger partial charge on any atom is -0.361 e. The molecule has 1 amide bonds. The molecule has 7 heteroatoms. The number of amides is 1. The van der Waals surface area contributed by atoms with Gasteiger partial charge in [-0.2, -0.15) is 0 Å². The molecule has 2 aromatic carbocycles. The molecule has 0 aliphatic heterocycles. The van der Waals surface area contributed by atoms with Gasteiger partial charge in [-0.25, -0.2) is 8.42 Å². The highest BCUT2D eigenvalue weighted by atomic mass is 32.2. The Morgan fingerprint density at radius 1 is 1.04 bits per heavy atom. The van der Waals surface area contributed by atoms with E-state index in [1.165, 1.54) is 0 Å². The minimum atomic E-state index is -3.36. The molecule has 0 fully saturated rings. The number of carbonyl (C=O) groups is 1. The molecule has 3 aromatic rings. The van der Waals surface area contributed by atoms with Crippen LogP contribution in [0.2, 0.25) is 0 Å². The summed E-state index contributed by atoms with van der Waals surface area (Å²) >= 11 is 0. The van der Waals surface area contributed by atoms with E-state index in [0.717, 1.165) is 17.2 Å². The van der Waals surface area contributed by atoms with Crippen LogP contribution in [0.4, 0.5) is 11.4 Å². The fourth-order valence-electron chi connectivity index (χ4n) is 2.35. The van der Waals surface area contributed by atoms with E-state index < -0.39 is 10.0 Å². The number of H-pyrrole nitrogens is 1. The molecule has 3 N–H and O–H groups in total. The van der Waals surface area contributed by atoms with E-state index in [1.807, 2.05) is 18.2 Å². The van der Waals surface area contributed by atoms with E-state index >= 15 is 0 Å². The lowest BCUT2D eigenvalue weighted by Crippen LogP contribution is -2.13. The maximum absolute atomic E-state index is 12.5. The number of aromatic nitrogens is 1. The average Bonchev–Trinajstić information content (AvgIpc) is 2.93. The van der Waals surface area contributed by atoms with Gasteiger partial charge in [-0.05, 0) is 30.3 Å². The third-order valence-electron chi connectivity index (χ3n) is 3.26. The molecule has 118 valence electrons. The van der Waals surface area contributed by atoms with Crippen LogP contribution in [0.15, 0.2) is 54.7 Å². The van der Waals surface area contributed by atoms with E-state index in [2.05, 4.69) is 15.0 Å². The Kier molecular flexibility index (Phi) is 3.79. The van der Waals surface area contributed by atoms with E-state index in [4.69, 9.17) is 0 Å². The van der Waals surface area contributed by atoms with Gasteiger partial charge >= 0.3 is 0 Å². The predicted molar refractivity (Wildman–Crippen MR) is 91.2 cm³/mol. The van der Waals surface area contributed by atoms with Crippen molar-refractivity contribution in [3.05, 3.63) is 60.3 Å². The summed E-state index contributed by atoms with van der Waals surface area (Å²) < 4.78 is 24.9. The smallest absolute Gasteiger partial charge is 0.257 e. The first kappa shape index (κ1) is 15.1. The van der Waals surface area contributed by atoms with Gasteiger partial charge in [0.2, 0.25) is 10.0 Å². The van der Waals surface area contributed by atoms with Gasteiger partial charge in [0.15, 0.2) is 0 Å². The van der Waals surface area contributed by atoms with Crippen LogP contribution in [-0.4, -0.2) is 25.6 Å². The van der Waals surface area contributed by atoms with Crippen molar-refractivity contribution in [3.63, 3.8) is 0 Å². The molecule has 0 bridgehead atoms. The SMILES string of the molecule is CS(=O)(=O)Nc1cccc(NC(=O)c2cccc3cc[nH]c23)c1. The quantitative estimate of drug-likeness (QED) is 0.687. The van der Waals surface area contributed by atoms with Crippen LogP contribution in [0, 0.1) is 0 Å². The highest BCUT2D eigenvalue weighted by Gasteiger charge is 2.11. The van der Waals surface area contributed by atoms with Crippen LogP contribution >= 0.6 is 0 Å². The lowest BCUT2D eigenvalue weighted by Gasteiger charge is -2.09. The molecule has 0 aliphatic rings. The lowest BCUT2D eigenvalue weighted by atomic mass is 10.1. The zero-order valence-corrected chi connectivity index (χ0v) is 13.1. The van der Waals surface area contributed by atoms with Crippen LogP contribution in [0.25, 0.3) is 10.9 Å². The van der Waals surface area contributed by atoms with E-state index in [-0.39, 0.29) is 5.91 Å². The third-order valence-corrected chi connectivity index (χ3v) is 3.86. The van der Waals surface area contributed by atoms with Crippen LogP contribution in [0.5, 0.6) is 0 Å². The molecule has 0 spiro atoms. The molecule has 0 unspecified atom stereocenters. The number of aromatic amines is 1. The van der Waals surface area contributed by atoms with Gasteiger partial charge < -0.3 is 10.3 Å². The summed E-state index contributed by atoms with van der Waals surface area (Å²) in [6, 6.07) is 13.9. The molecule has 0 saturated carbocycles. The summed E-state index contributed by atoms with van der Waals surface area (Å²) in [6.07, 6.45) is 2.85. The van der Waals surface area contributed by atoms with Crippen molar-refractivity contribution in [2.45, 2.75) is 0 Å². The van der Waals surface area contributed by atoms with Crippen molar-refractivity contribution in [2.75, 3.05) is 16.3 Å². The molecule has 1 aromatic heterocycles. The number of fused-ring (bicyclic) bond motifs is 1. The van der Waals surface area contributed by atoms with Gasteiger partial charge in [0, 0.05) is 17.3 Å². The number of anilines is 2. The molecule has 3 rings (SSSR count). The first-order valence-corrected chi connectivity index (χ1v) is 8.77. The summed E-state index contributed by atoms with van der Waals surface area (Å²) in [7, 11) is -3.36. The van der Waals surface area contributed by atoms with Gasteiger partial charge in [-0.15, -0.1) is 0 Å². The van der Waals surface area contributed by atoms with Gasteiger partial charge in [-0.1, -0.05) is 18.2 Å². The van der Waals surface area contributed by atoms with Gasteiger partial charge in [0.25, 0.3) is 5.91 Å². The average molecular weight is 329 g/mol. The molecule has 0 saturated heterocycles. The normalized spacial score (nSPS) is 11.3. The van der Waals surface area contributed by atoms with E-state index in [1.54, 1.807) is 36.5 Å². The fraction of sp³-hybridized carbons (Fsp3) is 0.0625. The third kappa shape index (κ3) is 3.51. The Morgan fingerprint density at radius 2 is 1.78 bits per heavy atom. The molecule has 0 aliphatic carbocycles. The molecule has 23 heavy (non-hydrogen) atoms. The number of benzene rings is 2. The second-order valence-electron chi connectivity index (χ2n) is 5.16. The first-order valence-electron chi connectivity index (χ1n) is 6.88. The first-order chi connectivity index (χ1) is 10.9. The molecular weight excluding hydrogens is 314 g/mol. The fourth-order valence-corrected chi connectivity index (χ4v) is 2.90. The summed E-state index contributed by atoms with van der Waals surface area (Å²) in [5, 5.41) is 3.72. The maximum atomic E-state index is 12.5. The number of rotatable bonds is 4. The second kappa shape index (κ2) is 5.77. The molecule has 0 atom stereocenters. The van der Waals surface area contributed by atoms with Crippen molar-refractivity contribution in [3.8, 4) is 0 Å². The summed E-state index contributed by atoms with van der Waals surface area (Å²) in [5.41, 5.74) is 2.18. The van der Waals surface area contributed by atoms with Gasteiger partial charge in [0.1, 0.15) is 0 Å². The number of hydrogen-bond acceptors (Lipinski definition) is 3. The Balaban J connectivity index is 1.86. The summed E-state index contributed by atoms with van der Waals surface area (Å²) in [4.78, 5) is 15.5. The van der Waals surface area contributed by atoms with Crippen LogP contribution in [0.3, 0.4) is 0 Å². The molecule has 1 heterocycles. The lowest BCUT2D eigenvalue weighted by molar-refractivity contribution is 0.102. The van der Waals surface area contributed by atoms with Gasteiger partial charge in [0.05, 0.1) is 23.0 Å². The predicted octanol–water partition coefficient (Wildman–Crippen LogP) is 2.79. The maximum Gasteiger partial charge on any atom is 0.257 e. The van der Waals surface area contributed by atoms with Crippen molar-refractivity contribution in [1.29, 1.82) is 0 Å². The van der Waals surface area contributed by atoms with Crippen molar-refractivity contribution in [2.24, 2.45) is 0 Å². The topological polar surface area (TPSA) is 91.1 Å². The number of sulfonamides is 1. The van der Waals surface area contributed by atoms with Crippen molar-refractivity contribution >= 4 is 38.2 Å². The number of nitrogens with one attached hydrogen (secondary N) is 3. The highest BCUT2D eigenvalue weighted by Crippen LogP contribution is 2.20. The Labute approximate surface area is 133 Å². The monoisotopic (exact) mass is 329 g/mol. The Hall–Kier alpha value is -2.80. The highest BCUT2D eigenvalue weighted by molar-refractivity contribution is 7.92. The van der Waals surface area contributed by atoms with Crippen LogP contribution in [0.1, 0.15) is 10.4 Å². The van der Waals surface area contributed by atoms with Crippen molar-refractivity contribution < 1.29 is 13.2 Å². The van der Waals surface area contributed by atoms with Crippen molar-refractivity contribution in [1.82, 2.24) is 4.98 Å². The summed E-state index contributed by atoms with van der Waals surface area (Å²) in [6.45, 7) is 0. The van der Waals surface area contributed by atoms with E-state index in [0.29, 0.717) is 16.9 Å². The molecular formula is C16H15N3O3S. The zero-order chi connectivity index (χ0) is 16.4. The Morgan fingerprint density at radius 3 is 2.57 bits per heavy atom. The minimum absolute atomic E-state index is 0.269. The van der Waals surface area contributed by atoms with Crippen LogP contribution in [-0.2, 0) is 10.0 Å². The Bertz CT molecular complexity index is 977. The van der Waals surface area contributed by atoms with E-state index in [9.17, 15) is 13.2 Å². The number of hydrogen-bond donors (Lipinski definition) is 3. The molecule has 0 radical (unpaired) electrons. The van der Waals surface area contributed by atoms with Gasteiger partial charge in [-0.3, -0.25) is 9.52 Å². The number of carbonyl (C=O) groups excluding carboxylic acids is 1. The largest absolute Gasteiger partial charge is 0.361 e. The summed E-state index contributed by atoms with van der Waals surface area (Å²) in [5.74, 6) is -0.269. The standard InChI is InChI=1S/C16H15N3O3S/c1-23(21,22)19-13-6-3-5-12(10-13)18-16(20)14-7-2-4-11-8-9-17-15(11)14/h2-10,17,19H,1H3,(H,18,20). The van der Waals surface area contributed by atoms with Crippen LogP contribution < -0.4 is 10.0 Å².